The van der Waals surface area contributed by atoms with Gasteiger partial charge in [-0.3, -0.25) is 0 Å². The van der Waals surface area contributed by atoms with Crippen molar-refractivity contribution in [3.05, 3.63) is 41.0 Å². The fourth-order valence-electron chi connectivity index (χ4n) is 1.42. The summed E-state index contributed by atoms with van der Waals surface area (Å²) in [5, 5.41) is 4.67. The topological polar surface area (TPSA) is 66.6 Å². The Balaban J connectivity index is 2.57. The van der Waals surface area contributed by atoms with Crippen molar-refractivity contribution < 1.29 is 0 Å². The molecule has 2 aromatic heterocycles. The van der Waals surface area contributed by atoms with E-state index in [2.05, 4.69) is 15.0 Å². The van der Waals surface area contributed by atoms with Gasteiger partial charge in [0.1, 0.15) is 11.8 Å². The maximum atomic E-state index is 8.33. The third-order valence-corrected chi connectivity index (χ3v) is 2.10. The summed E-state index contributed by atoms with van der Waals surface area (Å²) in [5.74, 6) is 0. The van der Waals surface area contributed by atoms with Crippen molar-refractivity contribution >= 4 is 11.0 Å². The third-order valence-electron chi connectivity index (χ3n) is 2.10. The molecule has 5 heteroatoms. The highest BCUT2D eigenvalue weighted by atomic mass is 15.3. The largest absolute Gasteiger partial charge is 0.324 e. The van der Waals surface area contributed by atoms with Gasteiger partial charge in [0.25, 0.3) is 0 Å². The Bertz CT molecular complexity index is 495. The molecule has 0 aliphatic carbocycles. The molecule has 0 fully saturated rings. The normalized spacial score (nSPS) is 12.4. The minimum Gasteiger partial charge on any atom is -0.324 e. The van der Waals surface area contributed by atoms with Crippen LogP contribution in [0.4, 0.5) is 0 Å². The Labute approximate surface area is 80.6 Å². The maximum absolute atomic E-state index is 8.33. The number of azide groups is 1. The summed E-state index contributed by atoms with van der Waals surface area (Å²) in [6.45, 7) is 1.83. The molecule has 14 heavy (non-hydrogen) atoms. The lowest BCUT2D eigenvalue weighted by atomic mass is 10.3. The number of aromatic nitrogens is 2. The highest BCUT2D eigenvalue weighted by molar-refractivity contribution is 5.75. The van der Waals surface area contributed by atoms with Crippen LogP contribution in [0.15, 0.2) is 35.7 Å². The van der Waals surface area contributed by atoms with E-state index in [0.29, 0.717) is 0 Å². The number of pyridine rings is 1. The van der Waals surface area contributed by atoms with Crippen molar-refractivity contribution in [1.82, 2.24) is 9.55 Å². The second-order valence-corrected chi connectivity index (χ2v) is 2.98. The summed E-state index contributed by atoms with van der Waals surface area (Å²) >= 11 is 0. The van der Waals surface area contributed by atoms with Gasteiger partial charge in [0.05, 0.1) is 0 Å². The van der Waals surface area contributed by atoms with Crippen LogP contribution in [0.3, 0.4) is 0 Å². The minimum atomic E-state index is -0.243. The SMILES string of the molecule is CC(N=[N+]=[N-])n1ccc2cccnc21. The van der Waals surface area contributed by atoms with Crippen molar-refractivity contribution in [2.24, 2.45) is 5.11 Å². The number of rotatable bonds is 2. The van der Waals surface area contributed by atoms with Crippen LogP contribution in [0.25, 0.3) is 21.5 Å². The highest BCUT2D eigenvalue weighted by Crippen LogP contribution is 2.18. The van der Waals surface area contributed by atoms with Gasteiger partial charge in [0, 0.05) is 22.7 Å². The van der Waals surface area contributed by atoms with E-state index in [9.17, 15) is 0 Å². The van der Waals surface area contributed by atoms with Crippen molar-refractivity contribution in [2.75, 3.05) is 0 Å². The number of fused-ring (bicyclic) bond motifs is 1. The van der Waals surface area contributed by atoms with Gasteiger partial charge in [0.2, 0.25) is 0 Å². The van der Waals surface area contributed by atoms with Crippen LogP contribution >= 0.6 is 0 Å². The molecule has 70 valence electrons. The first kappa shape index (κ1) is 8.59. The number of hydrogen-bond acceptors (Lipinski definition) is 2. The first-order valence-corrected chi connectivity index (χ1v) is 4.28. The molecule has 2 heterocycles. The molecule has 0 aromatic carbocycles. The van der Waals surface area contributed by atoms with Gasteiger partial charge >= 0.3 is 0 Å². The molecule has 2 aromatic rings. The van der Waals surface area contributed by atoms with Gasteiger partial charge in [-0.05, 0) is 30.7 Å². The second kappa shape index (κ2) is 3.40. The molecule has 0 spiro atoms. The standard InChI is InChI=1S/C9H9N5/c1-7(12-13-10)14-6-4-8-3-2-5-11-9(8)14/h2-7H,1H3. The molecule has 0 saturated heterocycles. The van der Waals surface area contributed by atoms with Gasteiger partial charge in [-0.15, -0.1) is 0 Å². The van der Waals surface area contributed by atoms with E-state index in [1.165, 1.54) is 0 Å². The lowest BCUT2D eigenvalue weighted by Gasteiger charge is -2.07. The van der Waals surface area contributed by atoms with Gasteiger partial charge in [0.15, 0.2) is 0 Å². The summed E-state index contributed by atoms with van der Waals surface area (Å²) < 4.78 is 1.84. The molecular formula is C9H9N5. The molecule has 5 nitrogen and oxygen atoms in total. The third kappa shape index (κ3) is 1.30. The van der Waals surface area contributed by atoms with E-state index < -0.39 is 0 Å². The fourth-order valence-corrected chi connectivity index (χ4v) is 1.42. The zero-order chi connectivity index (χ0) is 9.97. The van der Waals surface area contributed by atoms with E-state index in [4.69, 9.17) is 5.53 Å². The predicted octanol–water partition coefficient (Wildman–Crippen LogP) is 2.87. The van der Waals surface area contributed by atoms with Gasteiger partial charge in [-0.2, -0.15) is 0 Å². The van der Waals surface area contributed by atoms with Gasteiger partial charge in [-0.1, -0.05) is 5.11 Å². The predicted molar refractivity (Wildman–Crippen MR) is 53.6 cm³/mol. The lowest BCUT2D eigenvalue weighted by molar-refractivity contribution is 0.584. The maximum Gasteiger partial charge on any atom is 0.140 e. The Kier molecular flexibility index (Phi) is 2.08. The molecule has 1 atom stereocenters. The molecule has 0 radical (unpaired) electrons. The first-order chi connectivity index (χ1) is 6.83. The Morgan fingerprint density at radius 3 is 3.21 bits per heavy atom. The van der Waals surface area contributed by atoms with Crippen LogP contribution in [-0.2, 0) is 0 Å². The van der Waals surface area contributed by atoms with Crippen LogP contribution in [0.1, 0.15) is 13.1 Å². The Hall–Kier alpha value is -2.00. The Morgan fingerprint density at radius 2 is 2.43 bits per heavy atom. The summed E-state index contributed by atoms with van der Waals surface area (Å²) in [5.41, 5.74) is 9.17. The molecule has 1 unspecified atom stereocenters. The zero-order valence-electron chi connectivity index (χ0n) is 7.70. The van der Waals surface area contributed by atoms with Crippen molar-refractivity contribution in [3.8, 4) is 0 Å². The van der Waals surface area contributed by atoms with Gasteiger partial charge in [-0.25, -0.2) is 4.98 Å². The van der Waals surface area contributed by atoms with Crippen LogP contribution < -0.4 is 0 Å². The van der Waals surface area contributed by atoms with Crippen LogP contribution in [-0.4, -0.2) is 9.55 Å². The van der Waals surface area contributed by atoms with E-state index >= 15 is 0 Å². The minimum absolute atomic E-state index is 0.243. The molecule has 2 rings (SSSR count). The first-order valence-electron chi connectivity index (χ1n) is 4.28. The fraction of sp³-hybridized carbons (Fsp3) is 0.222. The van der Waals surface area contributed by atoms with Crippen LogP contribution in [0.5, 0.6) is 0 Å². The van der Waals surface area contributed by atoms with Crippen molar-refractivity contribution in [3.63, 3.8) is 0 Å². The lowest BCUT2D eigenvalue weighted by Crippen LogP contribution is -2.00. The summed E-state index contributed by atoms with van der Waals surface area (Å²) in [4.78, 5) is 7.00. The van der Waals surface area contributed by atoms with Crippen LogP contribution in [0, 0.1) is 0 Å². The summed E-state index contributed by atoms with van der Waals surface area (Å²) in [7, 11) is 0. The van der Waals surface area contributed by atoms with E-state index in [1.807, 2.05) is 35.9 Å². The van der Waals surface area contributed by atoms with Gasteiger partial charge < -0.3 is 4.57 Å². The molecule has 0 saturated carbocycles. The smallest absolute Gasteiger partial charge is 0.140 e. The zero-order valence-corrected chi connectivity index (χ0v) is 7.70. The molecule has 0 N–H and O–H groups in total. The second-order valence-electron chi connectivity index (χ2n) is 2.98. The highest BCUT2D eigenvalue weighted by Gasteiger charge is 2.05. The van der Waals surface area contributed by atoms with E-state index in [0.717, 1.165) is 11.0 Å². The van der Waals surface area contributed by atoms with Crippen molar-refractivity contribution in [2.45, 2.75) is 13.1 Å². The average Bonchev–Trinajstić information content (AvgIpc) is 2.61. The van der Waals surface area contributed by atoms with Crippen molar-refractivity contribution in [1.29, 1.82) is 0 Å². The quantitative estimate of drug-likeness (QED) is 0.405. The molecular weight excluding hydrogens is 178 g/mol. The van der Waals surface area contributed by atoms with E-state index in [1.54, 1.807) is 6.20 Å². The Morgan fingerprint density at radius 1 is 1.57 bits per heavy atom. The molecule has 0 aliphatic rings. The number of nitrogens with zero attached hydrogens (tertiary/aromatic N) is 5. The summed E-state index contributed by atoms with van der Waals surface area (Å²) in [6, 6.07) is 5.80. The molecule has 0 aliphatic heterocycles. The summed E-state index contributed by atoms with van der Waals surface area (Å²) in [6.07, 6.45) is 3.35. The number of hydrogen-bond donors (Lipinski definition) is 0. The van der Waals surface area contributed by atoms with E-state index in [-0.39, 0.29) is 6.17 Å². The molecule has 0 bridgehead atoms. The average molecular weight is 187 g/mol. The monoisotopic (exact) mass is 187 g/mol. The molecule has 0 amide bonds. The van der Waals surface area contributed by atoms with Crippen LogP contribution in [0.2, 0.25) is 0 Å².